The van der Waals surface area contributed by atoms with Gasteiger partial charge in [-0.15, -0.1) is 11.8 Å². The van der Waals surface area contributed by atoms with E-state index in [9.17, 15) is 4.79 Å². The molecule has 0 bridgehead atoms. The van der Waals surface area contributed by atoms with Gasteiger partial charge in [0.1, 0.15) is 16.5 Å². The average Bonchev–Trinajstić information content (AvgIpc) is 2.17. The van der Waals surface area contributed by atoms with Crippen molar-refractivity contribution in [3.63, 3.8) is 0 Å². The highest BCUT2D eigenvalue weighted by atomic mass is 35.5. The predicted octanol–water partition coefficient (Wildman–Crippen LogP) is 1.60. The highest BCUT2D eigenvalue weighted by Gasteiger charge is 2.09. The molecule has 1 heterocycles. The van der Waals surface area contributed by atoms with Crippen LogP contribution in [0.5, 0.6) is 0 Å². The smallest absolute Gasteiger partial charge is 0.155 e. The quantitative estimate of drug-likeness (QED) is 0.448. The molecule has 0 fully saturated rings. The van der Waals surface area contributed by atoms with E-state index in [0.29, 0.717) is 16.9 Å². The van der Waals surface area contributed by atoms with E-state index in [-0.39, 0.29) is 5.15 Å². The van der Waals surface area contributed by atoms with Crippen LogP contribution in [0.15, 0.2) is 11.4 Å². The van der Waals surface area contributed by atoms with Gasteiger partial charge in [-0.2, -0.15) is 0 Å². The standard InChI is InChI=1S/C9H12ClN3OS/c1-13(2)3-4-15-9-7(5-14)8(10)11-6-12-9/h5-6H,3-4H2,1-2H3. The Hall–Kier alpha value is -0.650. The van der Waals surface area contributed by atoms with Crippen LogP contribution in [0.2, 0.25) is 5.15 Å². The van der Waals surface area contributed by atoms with Crippen molar-refractivity contribution in [3.8, 4) is 0 Å². The fourth-order valence-electron chi connectivity index (χ4n) is 0.898. The Labute approximate surface area is 98.0 Å². The number of nitrogens with zero attached hydrogens (tertiary/aromatic N) is 3. The zero-order chi connectivity index (χ0) is 11.3. The van der Waals surface area contributed by atoms with Gasteiger partial charge in [0.15, 0.2) is 6.29 Å². The maximum atomic E-state index is 10.8. The molecule has 0 aliphatic rings. The van der Waals surface area contributed by atoms with Crippen LogP contribution >= 0.6 is 23.4 Å². The number of halogens is 1. The third-order valence-corrected chi connectivity index (χ3v) is 2.98. The lowest BCUT2D eigenvalue weighted by molar-refractivity contribution is 0.112. The Balaban J connectivity index is 2.68. The lowest BCUT2D eigenvalue weighted by atomic mass is 10.4. The van der Waals surface area contributed by atoms with E-state index in [1.54, 1.807) is 0 Å². The van der Waals surface area contributed by atoms with E-state index in [0.717, 1.165) is 12.3 Å². The molecule has 82 valence electrons. The SMILES string of the molecule is CN(C)CCSc1ncnc(Cl)c1C=O. The van der Waals surface area contributed by atoms with Gasteiger partial charge in [0, 0.05) is 12.3 Å². The second-order valence-corrected chi connectivity index (χ2v) is 4.59. The van der Waals surface area contributed by atoms with Gasteiger partial charge in [-0.05, 0) is 14.1 Å². The van der Waals surface area contributed by atoms with Crippen molar-refractivity contribution in [2.45, 2.75) is 5.03 Å². The summed E-state index contributed by atoms with van der Waals surface area (Å²) in [6.45, 7) is 0.921. The molecule has 15 heavy (non-hydrogen) atoms. The van der Waals surface area contributed by atoms with Crippen LogP contribution in [0.1, 0.15) is 10.4 Å². The first-order valence-electron chi connectivity index (χ1n) is 4.38. The molecule has 0 aliphatic carbocycles. The molecule has 0 amide bonds. The van der Waals surface area contributed by atoms with Crippen LogP contribution < -0.4 is 0 Å². The molecule has 1 aromatic heterocycles. The summed E-state index contributed by atoms with van der Waals surface area (Å²) in [7, 11) is 3.99. The largest absolute Gasteiger partial charge is 0.309 e. The summed E-state index contributed by atoms with van der Waals surface area (Å²) in [5, 5.41) is 0.860. The molecule has 0 spiro atoms. The third kappa shape index (κ3) is 3.77. The molecule has 0 aliphatic heterocycles. The van der Waals surface area contributed by atoms with Crippen molar-refractivity contribution >= 4 is 29.6 Å². The van der Waals surface area contributed by atoms with Crippen LogP contribution in [0.3, 0.4) is 0 Å². The zero-order valence-electron chi connectivity index (χ0n) is 8.61. The van der Waals surface area contributed by atoms with Crippen LogP contribution in [-0.4, -0.2) is 47.5 Å². The van der Waals surface area contributed by atoms with E-state index < -0.39 is 0 Å². The van der Waals surface area contributed by atoms with E-state index in [1.807, 2.05) is 14.1 Å². The number of aldehydes is 1. The van der Waals surface area contributed by atoms with Gasteiger partial charge < -0.3 is 4.90 Å². The average molecular weight is 246 g/mol. The molecule has 0 atom stereocenters. The number of carbonyl (C=O) groups excluding carboxylic acids is 1. The minimum Gasteiger partial charge on any atom is -0.309 e. The molecule has 4 nitrogen and oxygen atoms in total. The summed E-state index contributed by atoms with van der Waals surface area (Å²) >= 11 is 7.27. The Morgan fingerprint density at radius 1 is 1.53 bits per heavy atom. The van der Waals surface area contributed by atoms with Gasteiger partial charge >= 0.3 is 0 Å². The first-order valence-corrected chi connectivity index (χ1v) is 5.74. The first kappa shape index (κ1) is 12.4. The molecular weight excluding hydrogens is 234 g/mol. The minimum absolute atomic E-state index is 0.215. The van der Waals surface area contributed by atoms with E-state index >= 15 is 0 Å². The summed E-state index contributed by atoms with van der Waals surface area (Å²) in [6, 6.07) is 0. The fraction of sp³-hybridized carbons (Fsp3) is 0.444. The Kier molecular flexibility index (Phi) is 5.01. The van der Waals surface area contributed by atoms with Gasteiger partial charge in [-0.25, -0.2) is 9.97 Å². The lowest BCUT2D eigenvalue weighted by Crippen LogP contribution is -2.15. The van der Waals surface area contributed by atoms with E-state index in [4.69, 9.17) is 11.6 Å². The molecule has 0 saturated carbocycles. The third-order valence-electron chi connectivity index (χ3n) is 1.69. The van der Waals surface area contributed by atoms with Crippen molar-refractivity contribution in [1.82, 2.24) is 14.9 Å². The van der Waals surface area contributed by atoms with Crippen molar-refractivity contribution in [1.29, 1.82) is 0 Å². The van der Waals surface area contributed by atoms with Crippen LogP contribution in [0, 0.1) is 0 Å². The first-order chi connectivity index (χ1) is 7.15. The number of rotatable bonds is 5. The molecule has 1 rings (SSSR count). The van der Waals surface area contributed by atoms with E-state index in [1.165, 1.54) is 18.1 Å². The summed E-state index contributed by atoms with van der Waals surface area (Å²) in [5.74, 6) is 0.862. The van der Waals surface area contributed by atoms with Gasteiger partial charge in [-0.3, -0.25) is 4.79 Å². The summed E-state index contributed by atoms with van der Waals surface area (Å²) in [4.78, 5) is 20.6. The number of hydrogen-bond donors (Lipinski definition) is 0. The van der Waals surface area contributed by atoms with Gasteiger partial charge in [-0.1, -0.05) is 11.6 Å². The van der Waals surface area contributed by atoms with Gasteiger partial charge in [0.05, 0.1) is 5.56 Å². The number of thioether (sulfide) groups is 1. The molecule has 0 aromatic carbocycles. The number of hydrogen-bond acceptors (Lipinski definition) is 5. The number of aromatic nitrogens is 2. The fourth-order valence-corrected chi connectivity index (χ4v) is 2.20. The van der Waals surface area contributed by atoms with Crippen molar-refractivity contribution in [2.75, 3.05) is 26.4 Å². The van der Waals surface area contributed by atoms with Crippen LogP contribution in [-0.2, 0) is 0 Å². The van der Waals surface area contributed by atoms with Crippen molar-refractivity contribution in [3.05, 3.63) is 17.0 Å². The molecule has 0 radical (unpaired) electrons. The Morgan fingerprint density at radius 2 is 2.27 bits per heavy atom. The highest BCUT2D eigenvalue weighted by Crippen LogP contribution is 2.22. The molecule has 0 saturated heterocycles. The zero-order valence-corrected chi connectivity index (χ0v) is 10.2. The summed E-state index contributed by atoms with van der Waals surface area (Å²) in [5.41, 5.74) is 0.378. The second-order valence-electron chi connectivity index (χ2n) is 3.15. The van der Waals surface area contributed by atoms with E-state index in [2.05, 4.69) is 14.9 Å². The molecule has 0 unspecified atom stereocenters. The topological polar surface area (TPSA) is 46.1 Å². The normalized spacial score (nSPS) is 10.7. The summed E-state index contributed by atoms with van der Waals surface area (Å²) in [6.07, 6.45) is 2.06. The number of carbonyl (C=O) groups is 1. The Morgan fingerprint density at radius 3 is 2.87 bits per heavy atom. The Bertz CT molecular complexity index is 346. The lowest BCUT2D eigenvalue weighted by Gasteiger charge is -2.09. The molecule has 1 aromatic rings. The van der Waals surface area contributed by atoms with Crippen LogP contribution in [0.4, 0.5) is 0 Å². The van der Waals surface area contributed by atoms with Crippen molar-refractivity contribution in [2.24, 2.45) is 0 Å². The summed E-state index contributed by atoms with van der Waals surface area (Å²) < 4.78 is 0. The molecule has 0 N–H and O–H groups in total. The van der Waals surface area contributed by atoms with Crippen molar-refractivity contribution < 1.29 is 4.79 Å². The molecule has 6 heteroatoms. The monoisotopic (exact) mass is 245 g/mol. The highest BCUT2D eigenvalue weighted by molar-refractivity contribution is 7.99. The van der Waals surface area contributed by atoms with Gasteiger partial charge in [0.25, 0.3) is 0 Å². The second kappa shape index (κ2) is 6.05. The maximum absolute atomic E-state index is 10.8. The molecular formula is C9H12ClN3OS. The van der Waals surface area contributed by atoms with Crippen LogP contribution in [0.25, 0.3) is 0 Å². The maximum Gasteiger partial charge on any atom is 0.155 e. The predicted molar refractivity (Wildman–Crippen MR) is 61.7 cm³/mol. The minimum atomic E-state index is 0.215. The van der Waals surface area contributed by atoms with Gasteiger partial charge in [0.2, 0.25) is 0 Å².